The number of pyridine rings is 1. The van der Waals surface area contributed by atoms with Crippen molar-refractivity contribution in [2.24, 2.45) is 17.8 Å². The van der Waals surface area contributed by atoms with E-state index in [0.717, 1.165) is 37.6 Å². The molecule has 26 heavy (non-hydrogen) atoms. The number of aromatic nitrogens is 1. The number of anilines is 1. The van der Waals surface area contributed by atoms with Crippen LogP contribution in [-0.4, -0.2) is 42.0 Å². The lowest BCUT2D eigenvalue weighted by molar-refractivity contribution is -0.138. The Bertz CT molecular complexity index is 661. The Hall–Kier alpha value is -1.79. The van der Waals surface area contributed by atoms with Gasteiger partial charge in [-0.2, -0.15) is 13.2 Å². The van der Waals surface area contributed by atoms with E-state index in [-0.39, 0.29) is 5.92 Å². The highest BCUT2D eigenvalue weighted by Crippen LogP contribution is 2.48. The molecule has 142 valence electrons. The standard InChI is InChI=1S/C19H24F3N3O/c20-19(21,22)15-4-5-17(23-12-15)24-6-1-7-25(9-8-24)18(26)16-11-13-2-3-14(16)10-13/h4-5,12-14,16H,1-3,6-11H2. The third-order valence-electron chi connectivity index (χ3n) is 6.26. The molecule has 0 spiro atoms. The minimum absolute atomic E-state index is 0.199. The Labute approximate surface area is 151 Å². The molecule has 0 N–H and O–H groups in total. The maximum Gasteiger partial charge on any atom is 0.417 e. The summed E-state index contributed by atoms with van der Waals surface area (Å²) in [6, 6.07) is 2.50. The Kier molecular flexibility index (Phi) is 4.57. The normalized spacial score (nSPS) is 29.1. The summed E-state index contributed by atoms with van der Waals surface area (Å²) in [5.41, 5.74) is -0.732. The topological polar surface area (TPSA) is 36.4 Å². The van der Waals surface area contributed by atoms with Crippen molar-refractivity contribution in [1.82, 2.24) is 9.88 Å². The van der Waals surface area contributed by atoms with Crippen LogP contribution in [-0.2, 0) is 11.0 Å². The van der Waals surface area contributed by atoms with Crippen LogP contribution >= 0.6 is 0 Å². The molecule has 2 heterocycles. The number of nitrogens with zero attached hydrogens (tertiary/aromatic N) is 3. The molecule has 0 radical (unpaired) electrons. The molecule has 1 aliphatic heterocycles. The number of carbonyl (C=O) groups excluding carboxylic acids is 1. The number of fused-ring (bicyclic) bond motifs is 2. The predicted molar refractivity (Wildman–Crippen MR) is 91.6 cm³/mol. The van der Waals surface area contributed by atoms with Crippen molar-refractivity contribution in [3.8, 4) is 0 Å². The van der Waals surface area contributed by atoms with E-state index in [0.29, 0.717) is 37.3 Å². The van der Waals surface area contributed by atoms with Gasteiger partial charge in [-0.25, -0.2) is 4.98 Å². The number of halogens is 3. The van der Waals surface area contributed by atoms with Gasteiger partial charge in [-0.3, -0.25) is 4.79 Å². The molecule has 1 aromatic rings. The van der Waals surface area contributed by atoms with E-state index in [4.69, 9.17) is 0 Å². The van der Waals surface area contributed by atoms with Crippen LogP contribution in [0.15, 0.2) is 18.3 Å². The van der Waals surface area contributed by atoms with Gasteiger partial charge in [0.1, 0.15) is 5.82 Å². The number of amides is 1. The van der Waals surface area contributed by atoms with E-state index >= 15 is 0 Å². The Morgan fingerprint density at radius 3 is 2.54 bits per heavy atom. The maximum absolute atomic E-state index is 12.9. The second kappa shape index (κ2) is 6.74. The summed E-state index contributed by atoms with van der Waals surface area (Å²) in [7, 11) is 0. The fraction of sp³-hybridized carbons (Fsp3) is 0.684. The first-order valence-electron chi connectivity index (χ1n) is 9.49. The summed E-state index contributed by atoms with van der Waals surface area (Å²) in [6.07, 6.45) is 2.07. The second-order valence-corrected chi connectivity index (χ2v) is 7.85. The molecule has 3 aliphatic rings. The average Bonchev–Trinajstić information content (AvgIpc) is 3.16. The fourth-order valence-electron chi connectivity index (χ4n) is 4.89. The number of hydrogen-bond acceptors (Lipinski definition) is 3. The number of alkyl halides is 3. The molecule has 3 atom stereocenters. The van der Waals surface area contributed by atoms with Crippen LogP contribution in [0.25, 0.3) is 0 Å². The Morgan fingerprint density at radius 1 is 1.08 bits per heavy atom. The lowest BCUT2D eigenvalue weighted by Gasteiger charge is -2.28. The van der Waals surface area contributed by atoms with Crippen molar-refractivity contribution in [2.45, 2.75) is 38.3 Å². The van der Waals surface area contributed by atoms with Crippen LogP contribution in [0.2, 0.25) is 0 Å². The first kappa shape index (κ1) is 17.6. The minimum Gasteiger partial charge on any atom is -0.355 e. The molecule has 1 aromatic heterocycles. The summed E-state index contributed by atoms with van der Waals surface area (Å²) >= 11 is 0. The van der Waals surface area contributed by atoms with Gasteiger partial charge in [0, 0.05) is 38.3 Å². The van der Waals surface area contributed by atoms with Gasteiger partial charge in [0.2, 0.25) is 5.91 Å². The largest absolute Gasteiger partial charge is 0.417 e. The van der Waals surface area contributed by atoms with Gasteiger partial charge in [-0.1, -0.05) is 6.42 Å². The smallest absolute Gasteiger partial charge is 0.355 e. The lowest BCUT2D eigenvalue weighted by atomic mass is 9.87. The van der Waals surface area contributed by atoms with Crippen molar-refractivity contribution in [3.63, 3.8) is 0 Å². The highest BCUT2D eigenvalue weighted by Gasteiger charge is 2.44. The SMILES string of the molecule is O=C(C1CC2CCC1C2)N1CCCN(c2ccc(C(F)(F)F)cn2)CC1. The quantitative estimate of drug-likeness (QED) is 0.802. The first-order chi connectivity index (χ1) is 12.4. The maximum atomic E-state index is 12.9. The van der Waals surface area contributed by atoms with E-state index < -0.39 is 11.7 Å². The van der Waals surface area contributed by atoms with Gasteiger partial charge in [-0.05, 0) is 49.7 Å². The van der Waals surface area contributed by atoms with E-state index in [1.54, 1.807) is 0 Å². The number of carbonyl (C=O) groups is 1. The Morgan fingerprint density at radius 2 is 1.92 bits per heavy atom. The molecular formula is C19H24F3N3O. The minimum atomic E-state index is -4.37. The van der Waals surface area contributed by atoms with E-state index in [2.05, 4.69) is 4.98 Å². The molecule has 2 aliphatic carbocycles. The zero-order valence-corrected chi connectivity index (χ0v) is 14.7. The summed E-state index contributed by atoms with van der Waals surface area (Å²) in [6.45, 7) is 2.67. The van der Waals surface area contributed by atoms with E-state index in [1.165, 1.54) is 25.3 Å². The average molecular weight is 367 g/mol. The molecule has 1 amide bonds. The first-order valence-corrected chi connectivity index (χ1v) is 9.49. The van der Waals surface area contributed by atoms with Gasteiger partial charge >= 0.3 is 6.18 Å². The third kappa shape index (κ3) is 3.40. The van der Waals surface area contributed by atoms with Gasteiger partial charge in [0.15, 0.2) is 0 Å². The lowest BCUT2D eigenvalue weighted by Crippen LogP contribution is -2.40. The van der Waals surface area contributed by atoms with Crippen LogP contribution < -0.4 is 4.90 Å². The second-order valence-electron chi connectivity index (χ2n) is 7.85. The van der Waals surface area contributed by atoms with Crippen LogP contribution in [0.3, 0.4) is 0 Å². The summed E-state index contributed by atoms with van der Waals surface area (Å²) in [5, 5.41) is 0. The predicted octanol–water partition coefficient (Wildman–Crippen LogP) is 3.58. The monoisotopic (exact) mass is 367 g/mol. The van der Waals surface area contributed by atoms with Gasteiger partial charge in [-0.15, -0.1) is 0 Å². The third-order valence-corrected chi connectivity index (χ3v) is 6.26. The zero-order valence-electron chi connectivity index (χ0n) is 14.7. The van der Waals surface area contributed by atoms with Crippen molar-refractivity contribution < 1.29 is 18.0 Å². The molecule has 0 aromatic carbocycles. The summed E-state index contributed by atoms with van der Waals surface area (Å²) in [5.74, 6) is 2.35. The van der Waals surface area contributed by atoms with Crippen LogP contribution in [0, 0.1) is 17.8 Å². The molecule has 4 nitrogen and oxygen atoms in total. The zero-order chi connectivity index (χ0) is 18.3. The van der Waals surface area contributed by atoms with Crippen molar-refractivity contribution in [1.29, 1.82) is 0 Å². The van der Waals surface area contributed by atoms with Gasteiger partial charge < -0.3 is 9.80 Å². The summed E-state index contributed by atoms with van der Waals surface area (Å²) < 4.78 is 38.0. The molecular weight excluding hydrogens is 343 g/mol. The molecule has 3 fully saturated rings. The van der Waals surface area contributed by atoms with Crippen LogP contribution in [0.4, 0.5) is 19.0 Å². The van der Waals surface area contributed by atoms with Crippen molar-refractivity contribution >= 4 is 11.7 Å². The van der Waals surface area contributed by atoms with Gasteiger partial charge in [0.05, 0.1) is 5.56 Å². The molecule has 1 saturated heterocycles. The molecule has 3 unspecified atom stereocenters. The molecule has 4 rings (SSSR count). The molecule has 2 saturated carbocycles. The Balaban J connectivity index is 1.38. The summed E-state index contributed by atoms with van der Waals surface area (Å²) in [4.78, 5) is 20.8. The van der Waals surface area contributed by atoms with E-state index in [1.807, 2.05) is 9.80 Å². The highest BCUT2D eigenvalue weighted by molar-refractivity contribution is 5.79. The fourth-order valence-corrected chi connectivity index (χ4v) is 4.89. The number of rotatable bonds is 2. The van der Waals surface area contributed by atoms with Crippen molar-refractivity contribution in [3.05, 3.63) is 23.9 Å². The van der Waals surface area contributed by atoms with E-state index in [9.17, 15) is 18.0 Å². The molecule has 7 heteroatoms. The highest BCUT2D eigenvalue weighted by atomic mass is 19.4. The van der Waals surface area contributed by atoms with Crippen LogP contribution in [0.5, 0.6) is 0 Å². The van der Waals surface area contributed by atoms with Crippen molar-refractivity contribution in [2.75, 3.05) is 31.1 Å². The molecule has 2 bridgehead atoms. The number of hydrogen-bond donors (Lipinski definition) is 0. The van der Waals surface area contributed by atoms with Gasteiger partial charge in [0.25, 0.3) is 0 Å². The van der Waals surface area contributed by atoms with Crippen LogP contribution in [0.1, 0.15) is 37.7 Å².